The first kappa shape index (κ1) is 13.7. The maximum absolute atomic E-state index is 6.13. The molecule has 2 nitrogen and oxygen atoms in total. The van der Waals surface area contributed by atoms with Crippen molar-refractivity contribution in [1.29, 1.82) is 0 Å². The van der Waals surface area contributed by atoms with E-state index in [2.05, 4.69) is 83.8 Å². The predicted octanol–water partition coefficient (Wildman–Crippen LogP) is 6.89. The van der Waals surface area contributed by atoms with Gasteiger partial charge in [-0.05, 0) is 41.5 Å². The van der Waals surface area contributed by atoms with Crippen LogP contribution in [0.25, 0.3) is 54.9 Å². The van der Waals surface area contributed by atoms with Crippen molar-refractivity contribution >= 4 is 43.7 Å². The molecule has 0 saturated carbocycles. The highest BCUT2D eigenvalue weighted by Gasteiger charge is 2.14. The third-order valence-corrected chi connectivity index (χ3v) is 5.22. The second kappa shape index (κ2) is 4.99. The van der Waals surface area contributed by atoms with E-state index >= 15 is 0 Å². The number of aromatic amines is 1. The molecule has 0 amide bonds. The fourth-order valence-corrected chi connectivity index (χ4v) is 3.99. The lowest BCUT2D eigenvalue weighted by molar-refractivity contribution is 0.669. The molecule has 6 aromatic rings. The maximum Gasteiger partial charge on any atom is 0.137 e. The smallest absolute Gasteiger partial charge is 0.137 e. The van der Waals surface area contributed by atoms with Crippen LogP contribution in [0.15, 0.2) is 89.3 Å². The van der Waals surface area contributed by atoms with Crippen molar-refractivity contribution in [3.8, 4) is 11.1 Å². The van der Waals surface area contributed by atoms with E-state index in [1.54, 1.807) is 0 Å². The molecule has 0 aliphatic rings. The molecule has 122 valence electrons. The molecular formula is C24H15NO. The van der Waals surface area contributed by atoms with Gasteiger partial charge in [0, 0.05) is 21.7 Å². The minimum absolute atomic E-state index is 0.921. The van der Waals surface area contributed by atoms with Gasteiger partial charge in [-0.2, -0.15) is 0 Å². The lowest BCUT2D eigenvalue weighted by atomic mass is 10.0. The molecule has 0 aliphatic heterocycles. The van der Waals surface area contributed by atoms with Gasteiger partial charge in [0.2, 0.25) is 0 Å². The van der Waals surface area contributed by atoms with E-state index in [0.717, 1.165) is 33.0 Å². The highest BCUT2D eigenvalue weighted by Crippen LogP contribution is 2.38. The summed E-state index contributed by atoms with van der Waals surface area (Å²) in [6.45, 7) is 0. The van der Waals surface area contributed by atoms with Crippen molar-refractivity contribution in [3.63, 3.8) is 0 Å². The number of furan rings is 1. The molecule has 0 fully saturated rings. The number of hydrogen-bond donors (Lipinski definition) is 1. The van der Waals surface area contributed by atoms with Crippen LogP contribution in [0.2, 0.25) is 0 Å². The number of rotatable bonds is 1. The molecule has 4 aromatic carbocycles. The van der Waals surface area contributed by atoms with Gasteiger partial charge in [-0.15, -0.1) is 0 Å². The first-order valence-corrected chi connectivity index (χ1v) is 8.79. The van der Waals surface area contributed by atoms with Gasteiger partial charge in [0.1, 0.15) is 11.2 Å². The lowest BCUT2D eigenvalue weighted by Crippen LogP contribution is -1.77. The Morgan fingerprint density at radius 1 is 0.577 bits per heavy atom. The number of fused-ring (bicyclic) bond motifs is 7. The number of hydrogen-bond acceptors (Lipinski definition) is 1. The van der Waals surface area contributed by atoms with Crippen LogP contribution < -0.4 is 0 Å². The molecule has 2 heterocycles. The number of benzene rings is 4. The summed E-state index contributed by atoms with van der Waals surface area (Å²) in [5.74, 6) is 0. The van der Waals surface area contributed by atoms with Crippen LogP contribution >= 0.6 is 0 Å². The van der Waals surface area contributed by atoms with Crippen molar-refractivity contribution in [2.75, 3.05) is 0 Å². The first-order valence-electron chi connectivity index (χ1n) is 8.79. The molecule has 0 atom stereocenters. The summed E-state index contributed by atoms with van der Waals surface area (Å²) in [5, 5.41) is 4.80. The topological polar surface area (TPSA) is 28.9 Å². The van der Waals surface area contributed by atoms with Gasteiger partial charge in [-0.3, -0.25) is 0 Å². The summed E-state index contributed by atoms with van der Waals surface area (Å²) in [6, 6.07) is 29.6. The second-order valence-corrected chi connectivity index (χ2v) is 6.71. The summed E-state index contributed by atoms with van der Waals surface area (Å²) >= 11 is 0. The fourth-order valence-electron chi connectivity index (χ4n) is 3.99. The standard InChI is InChI=1S/C24H15NO/c1-2-6-15(7-3-1)16-10-12-21-19(14-16)23-22(26-21)13-11-18-17-8-4-5-9-20(17)25-24(18)23/h1-14,25H. The number of aromatic nitrogens is 1. The van der Waals surface area contributed by atoms with Crippen LogP contribution in [-0.2, 0) is 0 Å². The zero-order chi connectivity index (χ0) is 17.1. The third kappa shape index (κ3) is 1.81. The highest BCUT2D eigenvalue weighted by atomic mass is 16.3. The molecule has 6 rings (SSSR count). The lowest BCUT2D eigenvalue weighted by Gasteiger charge is -2.01. The molecular weight excluding hydrogens is 318 g/mol. The Kier molecular flexibility index (Phi) is 2.64. The van der Waals surface area contributed by atoms with Crippen LogP contribution in [0.1, 0.15) is 0 Å². The van der Waals surface area contributed by atoms with Crippen LogP contribution in [0.3, 0.4) is 0 Å². The third-order valence-electron chi connectivity index (χ3n) is 5.22. The molecule has 0 radical (unpaired) electrons. The molecule has 0 unspecified atom stereocenters. The number of H-pyrrole nitrogens is 1. The Morgan fingerprint density at radius 3 is 2.31 bits per heavy atom. The van der Waals surface area contributed by atoms with E-state index in [1.807, 2.05) is 6.07 Å². The van der Waals surface area contributed by atoms with Gasteiger partial charge < -0.3 is 9.40 Å². The molecule has 0 aliphatic carbocycles. The summed E-state index contributed by atoms with van der Waals surface area (Å²) in [5.41, 5.74) is 6.56. The van der Waals surface area contributed by atoms with E-state index < -0.39 is 0 Å². The van der Waals surface area contributed by atoms with Gasteiger partial charge in [-0.1, -0.05) is 54.6 Å². The Morgan fingerprint density at radius 2 is 1.38 bits per heavy atom. The molecule has 2 aromatic heterocycles. The van der Waals surface area contributed by atoms with Gasteiger partial charge >= 0.3 is 0 Å². The van der Waals surface area contributed by atoms with Crippen molar-refractivity contribution in [3.05, 3.63) is 84.9 Å². The fraction of sp³-hybridized carbons (Fsp3) is 0. The van der Waals surface area contributed by atoms with Crippen LogP contribution in [0.4, 0.5) is 0 Å². The van der Waals surface area contributed by atoms with Crippen LogP contribution in [0, 0.1) is 0 Å². The second-order valence-electron chi connectivity index (χ2n) is 6.71. The van der Waals surface area contributed by atoms with Crippen molar-refractivity contribution in [2.24, 2.45) is 0 Å². The predicted molar refractivity (Wildman–Crippen MR) is 109 cm³/mol. The highest BCUT2D eigenvalue weighted by molar-refractivity contribution is 6.23. The van der Waals surface area contributed by atoms with E-state index in [9.17, 15) is 0 Å². The van der Waals surface area contributed by atoms with E-state index in [-0.39, 0.29) is 0 Å². The van der Waals surface area contributed by atoms with Gasteiger partial charge in [0.15, 0.2) is 0 Å². The molecule has 0 saturated heterocycles. The first-order chi connectivity index (χ1) is 12.9. The summed E-state index contributed by atoms with van der Waals surface area (Å²) < 4.78 is 6.13. The van der Waals surface area contributed by atoms with Crippen LogP contribution in [-0.4, -0.2) is 4.98 Å². The summed E-state index contributed by atoms with van der Waals surface area (Å²) in [6.07, 6.45) is 0. The normalized spacial score (nSPS) is 11.8. The zero-order valence-corrected chi connectivity index (χ0v) is 14.0. The SMILES string of the molecule is c1ccc(-c2ccc3oc4ccc5c6ccccc6[nH]c5c4c3c2)cc1. The van der Waals surface area contributed by atoms with Gasteiger partial charge in [-0.25, -0.2) is 0 Å². The molecule has 0 bridgehead atoms. The summed E-state index contributed by atoms with van der Waals surface area (Å²) in [4.78, 5) is 3.60. The Balaban J connectivity index is 1.76. The van der Waals surface area contributed by atoms with Crippen molar-refractivity contribution in [2.45, 2.75) is 0 Å². The Hall–Kier alpha value is -3.52. The van der Waals surface area contributed by atoms with Gasteiger partial charge in [0.05, 0.1) is 10.9 Å². The number of nitrogens with one attached hydrogen (secondary N) is 1. The van der Waals surface area contributed by atoms with Crippen molar-refractivity contribution < 1.29 is 4.42 Å². The molecule has 26 heavy (non-hydrogen) atoms. The summed E-state index contributed by atoms with van der Waals surface area (Å²) in [7, 11) is 0. The minimum Gasteiger partial charge on any atom is -0.456 e. The molecule has 0 spiro atoms. The zero-order valence-electron chi connectivity index (χ0n) is 14.0. The quantitative estimate of drug-likeness (QED) is 0.349. The Labute approximate surface area is 149 Å². The monoisotopic (exact) mass is 333 g/mol. The van der Waals surface area contributed by atoms with Crippen molar-refractivity contribution in [1.82, 2.24) is 4.98 Å². The average Bonchev–Trinajstić information content (AvgIpc) is 3.26. The maximum atomic E-state index is 6.13. The van der Waals surface area contributed by atoms with E-state index in [4.69, 9.17) is 4.42 Å². The molecule has 2 heteroatoms. The number of para-hydroxylation sites is 1. The largest absolute Gasteiger partial charge is 0.456 e. The van der Waals surface area contributed by atoms with Gasteiger partial charge in [0.25, 0.3) is 0 Å². The average molecular weight is 333 g/mol. The van der Waals surface area contributed by atoms with E-state index in [1.165, 1.54) is 21.9 Å². The van der Waals surface area contributed by atoms with E-state index in [0.29, 0.717) is 0 Å². The Bertz CT molecular complexity index is 1420. The molecule has 1 N–H and O–H groups in total. The minimum atomic E-state index is 0.921. The van der Waals surface area contributed by atoms with Crippen LogP contribution in [0.5, 0.6) is 0 Å².